The SMILES string of the molecule is C#CC(CC(=O)O)NC(=O)[C@@H]1CCCN(C(=O)/C=C/CC2CCCNC2)C1. The van der Waals surface area contributed by atoms with Crippen molar-refractivity contribution in [1.82, 2.24) is 15.5 Å². The van der Waals surface area contributed by atoms with Crippen molar-refractivity contribution in [1.29, 1.82) is 0 Å². The molecule has 7 heteroatoms. The van der Waals surface area contributed by atoms with Gasteiger partial charge in [-0.25, -0.2) is 0 Å². The van der Waals surface area contributed by atoms with E-state index < -0.39 is 12.0 Å². The molecule has 148 valence electrons. The van der Waals surface area contributed by atoms with Crippen LogP contribution in [-0.2, 0) is 14.4 Å². The number of hydrogen-bond donors (Lipinski definition) is 3. The largest absolute Gasteiger partial charge is 0.481 e. The molecule has 2 rings (SSSR count). The Kier molecular flexibility index (Phi) is 8.34. The van der Waals surface area contributed by atoms with E-state index in [4.69, 9.17) is 11.5 Å². The van der Waals surface area contributed by atoms with Crippen molar-refractivity contribution < 1.29 is 19.5 Å². The number of nitrogens with one attached hydrogen (secondary N) is 2. The number of carbonyl (C=O) groups is 3. The molecule has 2 fully saturated rings. The van der Waals surface area contributed by atoms with E-state index in [2.05, 4.69) is 16.6 Å². The maximum atomic E-state index is 12.4. The fourth-order valence-electron chi connectivity index (χ4n) is 3.60. The zero-order chi connectivity index (χ0) is 19.6. The molecule has 0 aromatic carbocycles. The summed E-state index contributed by atoms with van der Waals surface area (Å²) in [6.07, 6.45) is 13.2. The zero-order valence-corrected chi connectivity index (χ0v) is 15.7. The number of nitrogens with zero attached hydrogens (tertiary/aromatic N) is 1. The van der Waals surface area contributed by atoms with Crippen molar-refractivity contribution in [3.05, 3.63) is 12.2 Å². The smallest absolute Gasteiger partial charge is 0.306 e. The van der Waals surface area contributed by atoms with Crippen molar-refractivity contribution in [3.8, 4) is 12.3 Å². The molecule has 3 atom stereocenters. The van der Waals surface area contributed by atoms with E-state index in [-0.39, 0.29) is 24.2 Å². The molecule has 0 spiro atoms. The third kappa shape index (κ3) is 7.06. The van der Waals surface area contributed by atoms with Gasteiger partial charge in [0.15, 0.2) is 0 Å². The third-order valence-electron chi connectivity index (χ3n) is 5.13. The summed E-state index contributed by atoms with van der Waals surface area (Å²) < 4.78 is 0. The predicted octanol–water partition coefficient (Wildman–Crippen LogP) is 0.764. The minimum Gasteiger partial charge on any atom is -0.481 e. The van der Waals surface area contributed by atoms with Gasteiger partial charge in [-0.3, -0.25) is 14.4 Å². The molecule has 2 aliphatic heterocycles. The van der Waals surface area contributed by atoms with Crippen LogP contribution in [0.2, 0.25) is 0 Å². The first-order valence-electron chi connectivity index (χ1n) is 9.64. The number of terminal acetylenes is 1. The molecule has 7 nitrogen and oxygen atoms in total. The first-order valence-corrected chi connectivity index (χ1v) is 9.64. The summed E-state index contributed by atoms with van der Waals surface area (Å²) in [5.41, 5.74) is 0. The fraction of sp³-hybridized carbons (Fsp3) is 0.650. The number of likely N-dealkylation sites (tertiary alicyclic amines) is 1. The van der Waals surface area contributed by atoms with E-state index in [0.29, 0.717) is 25.4 Å². The van der Waals surface area contributed by atoms with Gasteiger partial charge in [-0.1, -0.05) is 12.0 Å². The van der Waals surface area contributed by atoms with E-state index in [1.54, 1.807) is 11.0 Å². The van der Waals surface area contributed by atoms with Crippen molar-refractivity contribution in [2.45, 2.75) is 44.6 Å². The average molecular weight is 375 g/mol. The summed E-state index contributed by atoms with van der Waals surface area (Å²) in [6, 6.07) is -0.829. The number of amides is 2. The van der Waals surface area contributed by atoms with Crippen LogP contribution in [-0.4, -0.2) is 60.0 Å². The van der Waals surface area contributed by atoms with Crippen LogP contribution >= 0.6 is 0 Å². The second-order valence-electron chi connectivity index (χ2n) is 7.30. The molecular formula is C20H29N3O4. The van der Waals surface area contributed by atoms with Gasteiger partial charge >= 0.3 is 5.97 Å². The maximum Gasteiger partial charge on any atom is 0.306 e. The number of hydrogen-bond acceptors (Lipinski definition) is 4. The van der Waals surface area contributed by atoms with Gasteiger partial charge < -0.3 is 20.6 Å². The monoisotopic (exact) mass is 375 g/mol. The van der Waals surface area contributed by atoms with Gasteiger partial charge in [0.05, 0.1) is 12.3 Å². The number of allylic oxidation sites excluding steroid dienone is 1. The van der Waals surface area contributed by atoms with E-state index in [1.165, 1.54) is 12.8 Å². The topological polar surface area (TPSA) is 98.7 Å². The Balaban J connectivity index is 1.81. The van der Waals surface area contributed by atoms with Gasteiger partial charge in [-0.2, -0.15) is 0 Å². The Morgan fingerprint density at radius 2 is 2.15 bits per heavy atom. The summed E-state index contributed by atoms with van der Waals surface area (Å²) in [4.78, 5) is 37.2. The highest BCUT2D eigenvalue weighted by Crippen LogP contribution is 2.18. The number of carboxylic acids is 1. The Labute approximate surface area is 160 Å². The lowest BCUT2D eigenvalue weighted by Crippen LogP contribution is -2.47. The molecule has 0 aromatic heterocycles. The molecule has 0 saturated carbocycles. The zero-order valence-electron chi connectivity index (χ0n) is 15.7. The van der Waals surface area contributed by atoms with E-state index in [0.717, 1.165) is 25.9 Å². The molecule has 2 unspecified atom stereocenters. The van der Waals surface area contributed by atoms with Gasteiger partial charge in [-0.05, 0) is 57.2 Å². The minimum absolute atomic E-state index is 0.0738. The Morgan fingerprint density at radius 1 is 1.33 bits per heavy atom. The fourth-order valence-corrected chi connectivity index (χ4v) is 3.60. The molecule has 0 radical (unpaired) electrons. The minimum atomic E-state index is -1.06. The molecule has 0 bridgehead atoms. The summed E-state index contributed by atoms with van der Waals surface area (Å²) in [7, 11) is 0. The summed E-state index contributed by atoms with van der Waals surface area (Å²) >= 11 is 0. The highest BCUT2D eigenvalue weighted by atomic mass is 16.4. The number of rotatable bonds is 7. The van der Waals surface area contributed by atoms with Gasteiger partial charge in [0.1, 0.15) is 6.04 Å². The third-order valence-corrected chi connectivity index (χ3v) is 5.13. The second kappa shape index (κ2) is 10.7. The molecule has 0 aromatic rings. The Morgan fingerprint density at radius 3 is 2.81 bits per heavy atom. The molecule has 3 N–H and O–H groups in total. The van der Waals surface area contributed by atoms with Crippen LogP contribution in [0.25, 0.3) is 0 Å². The highest BCUT2D eigenvalue weighted by molar-refractivity contribution is 5.88. The van der Waals surface area contributed by atoms with Gasteiger partial charge in [-0.15, -0.1) is 6.42 Å². The molecule has 2 aliphatic rings. The van der Waals surface area contributed by atoms with Crippen LogP contribution in [0, 0.1) is 24.2 Å². The average Bonchev–Trinajstić information content (AvgIpc) is 2.67. The first kappa shape index (κ1) is 21.0. The van der Waals surface area contributed by atoms with Crippen LogP contribution in [0.3, 0.4) is 0 Å². The normalized spacial score (nSPS) is 24.2. The summed E-state index contributed by atoms with van der Waals surface area (Å²) in [5, 5.41) is 14.8. The molecule has 2 saturated heterocycles. The molecule has 2 amide bonds. The lowest BCUT2D eigenvalue weighted by atomic mass is 9.95. The second-order valence-corrected chi connectivity index (χ2v) is 7.30. The molecule has 27 heavy (non-hydrogen) atoms. The lowest BCUT2D eigenvalue weighted by Gasteiger charge is -2.32. The quantitative estimate of drug-likeness (QED) is 0.451. The lowest BCUT2D eigenvalue weighted by molar-refractivity contribution is -0.137. The number of carbonyl (C=O) groups excluding carboxylic acids is 2. The van der Waals surface area contributed by atoms with Crippen molar-refractivity contribution in [3.63, 3.8) is 0 Å². The summed E-state index contributed by atoms with van der Waals surface area (Å²) in [5.74, 6) is 1.09. The van der Waals surface area contributed by atoms with E-state index in [1.807, 2.05) is 6.08 Å². The van der Waals surface area contributed by atoms with Crippen LogP contribution in [0.1, 0.15) is 38.5 Å². The van der Waals surface area contributed by atoms with Crippen molar-refractivity contribution in [2.24, 2.45) is 11.8 Å². The Bertz CT molecular complexity index is 605. The Hall–Kier alpha value is -2.33. The number of carboxylic acid groups (broad SMARTS) is 1. The van der Waals surface area contributed by atoms with Crippen molar-refractivity contribution in [2.75, 3.05) is 26.2 Å². The first-order chi connectivity index (χ1) is 13.0. The molecule has 2 heterocycles. The van der Waals surface area contributed by atoms with E-state index >= 15 is 0 Å². The molecular weight excluding hydrogens is 346 g/mol. The maximum absolute atomic E-state index is 12.4. The van der Waals surface area contributed by atoms with Gasteiger partial charge in [0.2, 0.25) is 11.8 Å². The highest BCUT2D eigenvalue weighted by Gasteiger charge is 2.29. The van der Waals surface area contributed by atoms with Gasteiger partial charge in [0, 0.05) is 13.1 Å². The van der Waals surface area contributed by atoms with Crippen LogP contribution in [0.15, 0.2) is 12.2 Å². The van der Waals surface area contributed by atoms with Crippen LogP contribution < -0.4 is 10.6 Å². The number of aliphatic carboxylic acids is 1. The predicted molar refractivity (Wildman–Crippen MR) is 102 cm³/mol. The van der Waals surface area contributed by atoms with E-state index in [9.17, 15) is 14.4 Å². The standard InChI is InChI=1S/C20H29N3O4/c1-2-17(12-19(25)26)22-20(27)16-8-5-11-23(14-16)18(24)9-3-6-15-7-4-10-21-13-15/h1,3,9,15-17,21H,4-8,10-14H2,(H,22,27)(H,25,26)/b9-3+/t15?,16-,17?/m1/s1. The molecule has 0 aliphatic carbocycles. The van der Waals surface area contributed by atoms with Crippen LogP contribution in [0.4, 0.5) is 0 Å². The summed E-state index contributed by atoms with van der Waals surface area (Å²) in [6.45, 7) is 3.04. The number of piperidine rings is 2. The van der Waals surface area contributed by atoms with Gasteiger partial charge in [0.25, 0.3) is 0 Å². The van der Waals surface area contributed by atoms with Crippen molar-refractivity contribution >= 4 is 17.8 Å². The van der Waals surface area contributed by atoms with Crippen LogP contribution in [0.5, 0.6) is 0 Å².